The lowest BCUT2D eigenvalue weighted by Gasteiger charge is -2.30. The fourth-order valence-electron chi connectivity index (χ4n) is 3.39. The van der Waals surface area contributed by atoms with E-state index >= 15 is 0 Å². The Labute approximate surface area is 193 Å². The van der Waals surface area contributed by atoms with Gasteiger partial charge in [0.2, 0.25) is 5.91 Å². The third-order valence-electron chi connectivity index (χ3n) is 4.99. The molecule has 9 heteroatoms. The highest BCUT2D eigenvalue weighted by Gasteiger charge is 2.34. The summed E-state index contributed by atoms with van der Waals surface area (Å²) in [4.78, 5) is 31.1. The molecule has 0 fully saturated rings. The van der Waals surface area contributed by atoms with Gasteiger partial charge in [-0.25, -0.2) is 4.39 Å². The van der Waals surface area contributed by atoms with E-state index in [1.54, 1.807) is 24.3 Å². The molecule has 3 rings (SSSR count). The van der Waals surface area contributed by atoms with Crippen molar-refractivity contribution in [2.75, 3.05) is 11.4 Å². The van der Waals surface area contributed by atoms with Gasteiger partial charge in [0, 0.05) is 30.2 Å². The first-order chi connectivity index (χ1) is 16.2. The third-order valence-corrected chi connectivity index (χ3v) is 4.99. The molecule has 0 bridgehead atoms. The molecule has 0 saturated heterocycles. The number of nitrogens with zero attached hydrogens (tertiary/aromatic N) is 2. The van der Waals surface area contributed by atoms with Crippen LogP contribution in [0.2, 0.25) is 0 Å². The lowest BCUT2D eigenvalue weighted by atomic mass is 10.0. The number of anilines is 1. The van der Waals surface area contributed by atoms with Crippen LogP contribution in [0.5, 0.6) is 0 Å². The minimum absolute atomic E-state index is 0.0760. The molecule has 5 nitrogen and oxygen atoms in total. The molecule has 0 spiro atoms. The minimum atomic E-state index is -4.55. The van der Waals surface area contributed by atoms with Gasteiger partial charge >= 0.3 is 6.18 Å². The van der Waals surface area contributed by atoms with E-state index in [-0.39, 0.29) is 12.2 Å². The summed E-state index contributed by atoms with van der Waals surface area (Å²) in [6.45, 7) is 3.60. The highest BCUT2D eigenvalue weighted by molar-refractivity contribution is 6.06. The van der Waals surface area contributed by atoms with Crippen molar-refractivity contribution in [2.24, 2.45) is 0 Å². The first-order valence-corrected chi connectivity index (χ1v) is 10.3. The van der Waals surface area contributed by atoms with Gasteiger partial charge in [0.1, 0.15) is 11.9 Å². The summed E-state index contributed by atoms with van der Waals surface area (Å²) in [6, 6.07) is 11.8. The number of hydrogen-bond donors (Lipinski definition) is 1. The van der Waals surface area contributed by atoms with Crippen LogP contribution in [0.3, 0.4) is 0 Å². The van der Waals surface area contributed by atoms with Crippen LogP contribution in [0.1, 0.15) is 22.7 Å². The zero-order valence-electron chi connectivity index (χ0n) is 17.9. The molecule has 0 saturated carbocycles. The van der Waals surface area contributed by atoms with Gasteiger partial charge < -0.3 is 5.32 Å². The maximum Gasteiger partial charge on any atom is 0.416 e. The van der Waals surface area contributed by atoms with E-state index in [0.717, 1.165) is 35.2 Å². The van der Waals surface area contributed by atoms with E-state index in [2.05, 4.69) is 16.9 Å². The average Bonchev–Trinajstić information content (AvgIpc) is 2.82. The largest absolute Gasteiger partial charge is 0.416 e. The van der Waals surface area contributed by atoms with Crippen LogP contribution in [-0.4, -0.2) is 23.3 Å². The first kappa shape index (κ1) is 24.6. The van der Waals surface area contributed by atoms with Crippen LogP contribution >= 0.6 is 0 Å². The number of alkyl halides is 3. The Balaban J connectivity index is 1.92. The van der Waals surface area contributed by atoms with Crippen molar-refractivity contribution < 1.29 is 27.2 Å². The third kappa shape index (κ3) is 6.06. The van der Waals surface area contributed by atoms with Crippen LogP contribution in [0.4, 0.5) is 23.2 Å². The molecule has 0 aliphatic heterocycles. The van der Waals surface area contributed by atoms with Crippen LogP contribution in [0.15, 0.2) is 85.7 Å². The molecule has 2 aromatic carbocycles. The molecule has 1 N–H and O–H groups in total. The number of amides is 2. The fraction of sp³-hybridized carbons (Fsp3) is 0.160. The quantitative estimate of drug-likeness (QED) is 0.377. The van der Waals surface area contributed by atoms with Gasteiger partial charge in [-0.05, 0) is 60.5 Å². The van der Waals surface area contributed by atoms with E-state index < -0.39 is 35.4 Å². The Kier molecular flexibility index (Phi) is 7.78. The van der Waals surface area contributed by atoms with E-state index in [4.69, 9.17) is 0 Å². The molecule has 0 aliphatic rings. The number of pyridine rings is 1. The second kappa shape index (κ2) is 10.7. The Morgan fingerprint density at radius 1 is 1.09 bits per heavy atom. The number of rotatable bonds is 8. The van der Waals surface area contributed by atoms with Crippen LogP contribution in [0.25, 0.3) is 0 Å². The molecule has 176 valence electrons. The van der Waals surface area contributed by atoms with Crippen molar-refractivity contribution in [1.29, 1.82) is 0 Å². The summed E-state index contributed by atoms with van der Waals surface area (Å²) in [6.07, 6.45) is -0.368. The molecule has 34 heavy (non-hydrogen) atoms. The molecule has 1 heterocycles. The highest BCUT2D eigenvalue weighted by atomic mass is 19.4. The second-order valence-electron chi connectivity index (χ2n) is 7.32. The van der Waals surface area contributed by atoms with Gasteiger partial charge in [-0.2, -0.15) is 13.2 Å². The molecular weight excluding hydrogens is 450 g/mol. The zero-order chi connectivity index (χ0) is 24.7. The molecular formula is C25H21F4N3O2. The lowest BCUT2D eigenvalue weighted by molar-refractivity contribution is -0.137. The second-order valence-corrected chi connectivity index (χ2v) is 7.32. The molecule has 1 aromatic heterocycles. The Morgan fingerprint density at radius 3 is 2.41 bits per heavy atom. The van der Waals surface area contributed by atoms with Crippen molar-refractivity contribution in [2.45, 2.75) is 18.6 Å². The van der Waals surface area contributed by atoms with Crippen molar-refractivity contribution >= 4 is 17.5 Å². The summed E-state index contributed by atoms with van der Waals surface area (Å²) >= 11 is 0. The molecule has 2 amide bonds. The maximum atomic E-state index is 13.4. The van der Waals surface area contributed by atoms with Crippen LogP contribution in [0, 0.1) is 5.82 Å². The normalized spacial score (nSPS) is 12.0. The van der Waals surface area contributed by atoms with Gasteiger partial charge in [0.15, 0.2) is 0 Å². The fourth-order valence-corrected chi connectivity index (χ4v) is 3.39. The number of carbonyl (C=O) groups excluding carboxylic acids is 2. The van der Waals surface area contributed by atoms with E-state index in [0.29, 0.717) is 17.5 Å². The Hall–Kier alpha value is -4.01. The maximum absolute atomic E-state index is 13.4. The van der Waals surface area contributed by atoms with Crippen molar-refractivity contribution in [3.05, 3.63) is 108 Å². The standard InChI is InChI=1S/C25H21F4N3O2/c1-2-22(33)32(21-10-8-19(9-11-21)25(27,28)29)23(18-6-4-13-30-16-18)24(34)31-14-12-17-5-3-7-20(26)15-17/h2-11,13,15-16,23H,1,12,14H2,(H,31,34). The first-order valence-electron chi connectivity index (χ1n) is 10.3. The highest BCUT2D eigenvalue weighted by Crippen LogP contribution is 2.33. The van der Waals surface area contributed by atoms with E-state index in [1.165, 1.54) is 24.5 Å². The summed E-state index contributed by atoms with van der Waals surface area (Å²) < 4.78 is 52.4. The molecule has 1 atom stereocenters. The SMILES string of the molecule is C=CC(=O)N(c1ccc(C(F)(F)F)cc1)C(C(=O)NCCc1cccc(F)c1)c1cccnc1. The lowest BCUT2D eigenvalue weighted by Crippen LogP contribution is -2.44. The number of hydrogen-bond acceptors (Lipinski definition) is 3. The smallest absolute Gasteiger partial charge is 0.354 e. The van der Waals surface area contributed by atoms with Crippen molar-refractivity contribution in [1.82, 2.24) is 10.3 Å². The van der Waals surface area contributed by atoms with E-state index in [1.807, 2.05) is 0 Å². The van der Waals surface area contributed by atoms with Crippen molar-refractivity contribution in [3.63, 3.8) is 0 Å². The van der Waals surface area contributed by atoms with Gasteiger partial charge in [-0.1, -0.05) is 24.8 Å². The number of nitrogens with one attached hydrogen (secondary N) is 1. The van der Waals surface area contributed by atoms with Crippen LogP contribution in [-0.2, 0) is 22.2 Å². The summed E-state index contributed by atoms with van der Waals surface area (Å²) in [7, 11) is 0. The van der Waals surface area contributed by atoms with Crippen LogP contribution < -0.4 is 10.2 Å². The van der Waals surface area contributed by atoms with E-state index in [9.17, 15) is 27.2 Å². The summed E-state index contributed by atoms with van der Waals surface area (Å²) in [5.41, 5.74) is 0.201. The topological polar surface area (TPSA) is 62.3 Å². The van der Waals surface area contributed by atoms with Gasteiger partial charge in [-0.15, -0.1) is 0 Å². The molecule has 3 aromatic rings. The predicted molar refractivity (Wildman–Crippen MR) is 119 cm³/mol. The zero-order valence-corrected chi connectivity index (χ0v) is 17.9. The van der Waals surface area contributed by atoms with Gasteiger partial charge in [0.05, 0.1) is 5.56 Å². The van der Waals surface area contributed by atoms with Gasteiger partial charge in [-0.3, -0.25) is 19.5 Å². The number of aromatic nitrogens is 1. The predicted octanol–water partition coefficient (Wildman–Crippen LogP) is 4.86. The Bertz CT molecular complexity index is 1150. The Morgan fingerprint density at radius 2 is 1.82 bits per heavy atom. The molecule has 0 radical (unpaired) electrons. The summed E-state index contributed by atoms with van der Waals surface area (Å²) in [5, 5.41) is 2.72. The molecule has 1 unspecified atom stereocenters. The summed E-state index contributed by atoms with van der Waals surface area (Å²) in [5.74, 6) is -1.67. The molecule has 0 aliphatic carbocycles. The monoisotopic (exact) mass is 471 g/mol. The van der Waals surface area contributed by atoms with Gasteiger partial charge in [0.25, 0.3) is 5.91 Å². The number of benzene rings is 2. The number of halogens is 4. The minimum Gasteiger partial charge on any atom is -0.354 e. The number of carbonyl (C=O) groups is 2. The van der Waals surface area contributed by atoms with Crippen molar-refractivity contribution in [3.8, 4) is 0 Å². The average molecular weight is 471 g/mol.